The molecule has 4 rings (SSSR count). The van der Waals surface area contributed by atoms with Gasteiger partial charge in [0.2, 0.25) is 5.91 Å². The van der Waals surface area contributed by atoms with E-state index >= 15 is 4.39 Å². The van der Waals surface area contributed by atoms with Crippen molar-refractivity contribution < 1.29 is 17.6 Å². The summed E-state index contributed by atoms with van der Waals surface area (Å²) in [5.74, 6) is -0.794. The van der Waals surface area contributed by atoms with Gasteiger partial charge in [0, 0.05) is 24.6 Å². The maximum absolute atomic E-state index is 15.7. The summed E-state index contributed by atoms with van der Waals surface area (Å²) in [5.41, 5.74) is 0.793. The van der Waals surface area contributed by atoms with Crippen molar-refractivity contribution >= 4 is 38.9 Å². The van der Waals surface area contributed by atoms with E-state index in [4.69, 9.17) is 11.6 Å². The number of sulfone groups is 1. The summed E-state index contributed by atoms with van der Waals surface area (Å²) in [6.07, 6.45) is 3.60. The summed E-state index contributed by atoms with van der Waals surface area (Å²) < 4.78 is 40.7. The molecule has 3 aromatic rings. The summed E-state index contributed by atoms with van der Waals surface area (Å²) in [4.78, 5) is 18.2. The minimum Gasteiger partial charge on any atom is -0.358 e. The average molecular weight is 474 g/mol. The highest BCUT2D eigenvalue weighted by Gasteiger charge is 2.33. The number of carbonyl (C=O) groups is 1. The third kappa shape index (κ3) is 4.47. The molecule has 166 valence electrons. The van der Waals surface area contributed by atoms with E-state index in [1.807, 2.05) is 0 Å². The summed E-state index contributed by atoms with van der Waals surface area (Å²) >= 11 is 5.86. The van der Waals surface area contributed by atoms with Gasteiger partial charge in [0.1, 0.15) is 16.8 Å². The number of pyridine rings is 1. The smallest absolute Gasteiger partial charge is 0.249 e. The third-order valence-electron chi connectivity index (χ3n) is 5.31. The number of aromatic nitrogens is 1. The van der Waals surface area contributed by atoms with Crippen LogP contribution in [0.1, 0.15) is 12.8 Å². The van der Waals surface area contributed by atoms with Gasteiger partial charge in [-0.05, 0) is 36.6 Å². The lowest BCUT2D eigenvalue weighted by Gasteiger charge is -2.33. The van der Waals surface area contributed by atoms with Gasteiger partial charge < -0.3 is 10.2 Å². The van der Waals surface area contributed by atoms with Gasteiger partial charge in [-0.1, -0.05) is 48.0 Å². The molecule has 9 heteroatoms. The standard InChI is InChI=1S/C23H21ClFN3O3S/c1-32(30,31)22-17(15-6-3-2-4-7-15)10-11-19(21(22)25)28-13-5-8-18(23(28)29)27-20-12-9-16(24)14-26-20/h2-4,6-7,9-12,14,18H,5,8,13H2,1H3,(H,26,27). The van der Waals surface area contributed by atoms with Crippen molar-refractivity contribution in [3.05, 3.63) is 71.6 Å². The Morgan fingerprint density at radius 2 is 1.88 bits per heavy atom. The molecule has 1 aromatic heterocycles. The average Bonchev–Trinajstić information content (AvgIpc) is 2.76. The molecule has 6 nitrogen and oxygen atoms in total. The zero-order valence-electron chi connectivity index (χ0n) is 17.3. The van der Waals surface area contributed by atoms with Crippen LogP contribution in [-0.4, -0.2) is 38.2 Å². The van der Waals surface area contributed by atoms with Gasteiger partial charge in [-0.15, -0.1) is 0 Å². The fourth-order valence-corrected chi connectivity index (χ4v) is 4.98. The van der Waals surface area contributed by atoms with Gasteiger partial charge >= 0.3 is 0 Å². The number of nitrogens with one attached hydrogen (secondary N) is 1. The number of piperidine rings is 1. The second kappa shape index (κ2) is 8.88. The van der Waals surface area contributed by atoms with E-state index in [1.165, 1.54) is 17.2 Å². The number of halogens is 2. The van der Waals surface area contributed by atoms with E-state index < -0.39 is 26.6 Å². The predicted molar refractivity (Wildman–Crippen MR) is 123 cm³/mol. The van der Waals surface area contributed by atoms with Crippen molar-refractivity contribution in [1.29, 1.82) is 0 Å². The van der Waals surface area contributed by atoms with Crippen LogP contribution in [0.4, 0.5) is 15.9 Å². The SMILES string of the molecule is CS(=O)(=O)c1c(-c2ccccc2)ccc(N2CCCC(Nc3ccc(Cl)cn3)C2=O)c1F. The lowest BCUT2D eigenvalue weighted by Crippen LogP contribution is -2.48. The van der Waals surface area contributed by atoms with Gasteiger partial charge in [0.05, 0.1) is 10.7 Å². The van der Waals surface area contributed by atoms with Gasteiger partial charge in [-0.25, -0.2) is 17.8 Å². The molecule has 0 bridgehead atoms. The molecule has 0 aliphatic carbocycles. The number of amides is 1. The van der Waals surface area contributed by atoms with Crippen LogP contribution < -0.4 is 10.2 Å². The Labute approximate surface area is 191 Å². The van der Waals surface area contributed by atoms with E-state index in [9.17, 15) is 13.2 Å². The molecule has 1 unspecified atom stereocenters. The van der Waals surface area contributed by atoms with Crippen molar-refractivity contribution in [3.63, 3.8) is 0 Å². The Morgan fingerprint density at radius 3 is 2.53 bits per heavy atom. The lowest BCUT2D eigenvalue weighted by molar-refractivity contribution is -0.120. The maximum atomic E-state index is 15.7. The number of nitrogens with zero attached hydrogens (tertiary/aromatic N) is 2. The van der Waals surface area contributed by atoms with Crippen LogP contribution in [-0.2, 0) is 14.6 Å². The predicted octanol–water partition coefficient (Wildman–Crippen LogP) is 4.55. The Bertz CT molecular complexity index is 1250. The first-order valence-corrected chi connectivity index (χ1v) is 12.3. The molecule has 0 saturated carbocycles. The summed E-state index contributed by atoms with van der Waals surface area (Å²) in [6, 6.07) is 14.4. The van der Waals surface area contributed by atoms with Crippen LogP contribution in [0.2, 0.25) is 5.02 Å². The molecule has 1 fully saturated rings. The zero-order chi connectivity index (χ0) is 22.9. The first-order chi connectivity index (χ1) is 15.3. The number of hydrogen-bond donors (Lipinski definition) is 1. The van der Waals surface area contributed by atoms with E-state index in [2.05, 4.69) is 10.3 Å². The van der Waals surface area contributed by atoms with E-state index in [1.54, 1.807) is 48.5 Å². The highest BCUT2D eigenvalue weighted by Crippen LogP contribution is 2.36. The fourth-order valence-electron chi connectivity index (χ4n) is 3.85. The van der Waals surface area contributed by atoms with Crippen LogP contribution >= 0.6 is 11.6 Å². The topological polar surface area (TPSA) is 79.4 Å². The molecule has 2 aromatic carbocycles. The molecule has 32 heavy (non-hydrogen) atoms. The van der Waals surface area contributed by atoms with Gasteiger partial charge in [0.15, 0.2) is 15.7 Å². The molecule has 2 heterocycles. The van der Waals surface area contributed by atoms with Crippen LogP contribution in [0.3, 0.4) is 0 Å². The molecule has 1 N–H and O–H groups in total. The second-order valence-electron chi connectivity index (χ2n) is 7.60. The molecule has 0 spiro atoms. The molecule has 1 saturated heterocycles. The van der Waals surface area contributed by atoms with Crippen molar-refractivity contribution in [3.8, 4) is 11.1 Å². The van der Waals surface area contributed by atoms with Crippen molar-refractivity contribution in [2.75, 3.05) is 23.0 Å². The molecule has 1 aliphatic heterocycles. The highest BCUT2D eigenvalue weighted by atomic mass is 35.5. The number of hydrogen-bond acceptors (Lipinski definition) is 5. The van der Waals surface area contributed by atoms with Crippen LogP contribution in [0, 0.1) is 5.82 Å². The first kappa shape index (κ1) is 22.2. The van der Waals surface area contributed by atoms with Crippen molar-refractivity contribution in [2.45, 2.75) is 23.8 Å². The van der Waals surface area contributed by atoms with E-state index in [0.29, 0.717) is 29.2 Å². The van der Waals surface area contributed by atoms with Gasteiger partial charge in [-0.2, -0.15) is 0 Å². The van der Waals surface area contributed by atoms with Crippen molar-refractivity contribution in [2.24, 2.45) is 0 Å². The molecular weight excluding hydrogens is 453 g/mol. The van der Waals surface area contributed by atoms with Crippen LogP contribution in [0.25, 0.3) is 11.1 Å². The minimum atomic E-state index is -3.91. The molecular formula is C23H21ClFN3O3S. The van der Waals surface area contributed by atoms with Gasteiger partial charge in [-0.3, -0.25) is 4.79 Å². The summed E-state index contributed by atoms with van der Waals surface area (Å²) in [6.45, 7) is 0.288. The third-order valence-corrected chi connectivity index (χ3v) is 6.68. The van der Waals surface area contributed by atoms with Gasteiger partial charge in [0.25, 0.3) is 0 Å². The molecule has 1 atom stereocenters. The highest BCUT2D eigenvalue weighted by molar-refractivity contribution is 7.90. The number of anilines is 2. The zero-order valence-corrected chi connectivity index (χ0v) is 18.8. The molecule has 1 aliphatic rings. The lowest BCUT2D eigenvalue weighted by atomic mass is 10.0. The molecule has 0 radical (unpaired) electrons. The van der Waals surface area contributed by atoms with Crippen LogP contribution in [0.15, 0.2) is 65.7 Å². The Balaban J connectivity index is 1.71. The normalized spacial score (nSPS) is 16.8. The molecule has 1 amide bonds. The Hall–Kier alpha value is -2.97. The second-order valence-corrected chi connectivity index (χ2v) is 9.99. The fraction of sp³-hybridized carbons (Fsp3) is 0.217. The largest absolute Gasteiger partial charge is 0.358 e. The quantitative estimate of drug-likeness (QED) is 0.588. The Morgan fingerprint density at radius 1 is 1.12 bits per heavy atom. The van der Waals surface area contributed by atoms with Crippen LogP contribution in [0.5, 0.6) is 0 Å². The summed E-state index contributed by atoms with van der Waals surface area (Å²) in [7, 11) is -3.91. The summed E-state index contributed by atoms with van der Waals surface area (Å²) in [5, 5.41) is 3.53. The number of carbonyl (C=O) groups excluding carboxylic acids is 1. The monoisotopic (exact) mass is 473 g/mol. The van der Waals surface area contributed by atoms with Crippen molar-refractivity contribution in [1.82, 2.24) is 4.98 Å². The number of rotatable bonds is 5. The minimum absolute atomic E-state index is 0.0503. The van der Waals surface area contributed by atoms with E-state index in [-0.39, 0.29) is 23.7 Å². The number of benzene rings is 2. The first-order valence-electron chi connectivity index (χ1n) is 10.0. The van der Waals surface area contributed by atoms with E-state index in [0.717, 1.165) is 6.26 Å². The Kier molecular flexibility index (Phi) is 6.17. The maximum Gasteiger partial charge on any atom is 0.249 e.